The molecule has 2 saturated heterocycles. The highest BCUT2D eigenvalue weighted by molar-refractivity contribution is 6.46. The Morgan fingerprint density at radius 3 is 2.33 bits per heavy atom. The summed E-state index contributed by atoms with van der Waals surface area (Å²) in [4.78, 5) is 30.3. The molecule has 2 aromatic rings. The first kappa shape index (κ1) is 25.5. The van der Waals surface area contributed by atoms with Gasteiger partial charge in [-0.05, 0) is 49.4 Å². The van der Waals surface area contributed by atoms with Crippen molar-refractivity contribution >= 4 is 17.4 Å². The van der Waals surface area contributed by atoms with Gasteiger partial charge in [-0.2, -0.15) is 0 Å². The summed E-state index contributed by atoms with van der Waals surface area (Å²) in [5.74, 6) is 0.0253. The summed E-state index contributed by atoms with van der Waals surface area (Å²) >= 11 is 0. The van der Waals surface area contributed by atoms with Gasteiger partial charge in [0.2, 0.25) is 0 Å². The Kier molecular flexibility index (Phi) is 8.12. The van der Waals surface area contributed by atoms with Crippen molar-refractivity contribution in [3.8, 4) is 17.2 Å². The lowest BCUT2D eigenvalue weighted by Crippen LogP contribution is -2.42. The van der Waals surface area contributed by atoms with Crippen LogP contribution in [0.1, 0.15) is 24.1 Å². The average molecular weight is 497 g/mol. The van der Waals surface area contributed by atoms with Crippen molar-refractivity contribution in [3.05, 3.63) is 59.2 Å². The maximum atomic E-state index is 13.3. The number of rotatable bonds is 9. The van der Waals surface area contributed by atoms with E-state index in [-0.39, 0.29) is 11.3 Å². The van der Waals surface area contributed by atoms with Gasteiger partial charge in [0.05, 0.1) is 45.7 Å². The third-order valence-electron chi connectivity index (χ3n) is 6.47. The molecular weight excluding hydrogens is 464 g/mol. The zero-order valence-electron chi connectivity index (χ0n) is 20.9. The average Bonchev–Trinajstić information content (AvgIpc) is 3.17. The number of aliphatic hydroxyl groups is 1. The molecule has 0 aliphatic carbocycles. The molecule has 2 heterocycles. The van der Waals surface area contributed by atoms with Crippen LogP contribution in [0.15, 0.2) is 48.0 Å². The highest BCUT2D eigenvalue weighted by atomic mass is 16.5. The fourth-order valence-corrected chi connectivity index (χ4v) is 4.59. The minimum absolute atomic E-state index is 0.0118. The van der Waals surface area contributed by atoms with Crippen molar-refractivity contribution in [2.75, 3.05) is 60.2 Å². The molecule has 1 atom stereocenters. The van der Waals surface area contributed by atoms with Crippen LogP contribution in [0.2, 0.25) is 0 Å². The molecule has 2 aliphatic heterocycles. The lowest BCUT2D eigenvalue weighted by Gasteiger charge is -2.31. The topological polar surface area (TPSA) is 97.8 Å². The number of methoxy groups -OCH3 is 2. The Balaban J connectivity index is 1.79. The van der Waals surface area contributed by atoms with Gasteiger partial charge in [0.1, 0.15) is 23.0 Å². The van der Waals surface area contributed by atoms with Gasteiger partial charge < -0.3 is 29.0 Å². The Bertz CT molecular complexity index is 1120. The number of carbonyl (C=O) groups excluding carboxylic acids is 2. The van der Waals surface area contributed by atoms with Gasteiger partial charge in [0.25, 0.3) is 11.7 Å². The molecule has 9 heteroatoms. The molecule has 0 aromatic heterocycles. The highest BCUT2D eigenvalue weighted by Crippen LogP contribution is 2.43. The summed E-state index contributed by atoms with van der Waals surface area (Å²) in [6, 6.07) is 11.1. The molecule has 1 N–H and O–H groups in total. The second-order valence-electron chi connectivity index (χ2n) is 8.51. The van der Waals surface area contributed by atoms with Crippen LogP contribution in [0, 0.1) is 0 Å². The van der Waals surface area contributed by atoms with Crippen LogP contribution in [0.3, 0.4) is 0 Å². The number of hydrogen-bond donors (Lipinski definition) is 1. The quantitative estimate of drug-likeness (QED) is 0.322. The molecule has 1 amide bonds. The zero-order chi connectivity index (χ0) is 25.7. The number of ether oxygens (including phenoxy) is 4. The molecule has 0 spiro atoms. The van der Waals surface area contributed by atoms with Crippen LogP contribution < -0.4 is 14.2 Å². The maximum Gasteiger partial charge on any atom is 0.295 e. The lowest BCUT2D eigenvalue weighted by molar-refractivity contribution is -0.140. The lowest BCUT2D eigenvalue weighted by atomic mass is 9.94. The number of morpholine rings is 1. The first-order valence-electron chi connectivity index (χ1n) is 12.0. The summed E-state index contributed by atoms with van der Waals surface area (Å²) in [5.41, 5.74) is 0.986. The second-order valence-corrected chi connectivity index (χ2v) is 8.51. The fourth-order valence-electron chi connectivity index (χ4n) is 4.59. The van der Waals surface area contributed by atoms with Crippen molar-refractivity contribution in [2.45, 2.75) is 13.0 Å². The molecule has 4 rings (SSSR count). The van der Waals surface area contributed by atoms with Gasteiger partial charge in [-0.25, -0.2) is 0 Å². The van der Waals surface area contributed by atoms with E-state index in [1.807, 2.05) is 6.92 Å². The Labute approximate surface area is 210 Å². The maximum absolute atomic E-state index is 13.3. The monoisotopic (exact) mass is 496 g/mol. The number of hydrogen-bond acceptors (Lipinski definition) is 8. The first-order valence-corrected chi connectivity index (χ1v) is 12.0. The van der Waals surface area contributed by atoms with Crippen molar-refractivity contribution < 1.29 is 33.6 Å². The number of likely N-dealkylation sites (tertiary alicyclic amines) is 1. The number of Topliss-reactive ketones (excluding diaryl/α,β-unsaturated/α-hetero) is 1. The normalized spacial score (nSPS) is 20.0. The van der Waals surface area contributed by atoms with Crippen LogP contribution in [-0.2, 0) is 14.3 Å². The van der Waals surface area contributed by atoms with Crippen LogP contribution >= 0.6 is 0 Å². The van der Waals surface area contributed by atoms with Crippen LogP contribution in [0.4, 0.5) is 0 Å². The molecule has 2 aromatic carbocycles. The molecule has 0 unspecified atom stereocenters. The van der Waals surface area contributed by atoms with E-state index in [9.17, 15) is 14.7 Å². The Hall–Kier alpha value is -3.56. The van der Waals surface area contributed by atoms with Crippen LogP contribution in [-0.4, -0.2) is 86.8 Å². The third-order valence-corrected chi connectivity index (χ3v) is 6.47. The summed E-state index contributed by atoms with van der Waals surface area (Å²) in [7, 11) is 3.07. The van der Waals surface area contributed by atoms with E-state index >= 15 is 0 Å². The molecule has 0 bridgehead atoms. The van der Waals surface area contributed by atoms with E-state index < -0.39 is 17.7 Å². The standard InChI is InChI=1S/C27H32N2O7/c1-4-36-19-7-5-18(6-8-19)25(30)23-24(21-17-20(33-2)9-10-22(21)34-3)29(27(32)26(23)31)12-11-28-13-15-35-16-14-28/h5-10,17,24,30H,4,11-16H2,1-3H3/b25-23+/t24-/m0/s1. The van der Waals surface area contributed by atoms with E-state index in [1.54, 1.807) is 49.6 Å². The van der Waals surface area contributed by atoms with Crippen LogP contribution in [0.25, 0.3) is 5.76 Å². The van der Waals surface area contributed by atoms with E-state index in [4.69, 9.17) is 18.9 Å². The summed E-state index contributed by atoms with van der Waals surface area (Å²) in [5, 5.41) is 11.3. The molecule has 2 aliphatic rings. The van der Waals surface area contributed by atoms with E-state index in [1.165, 1.54) is 12.0 Å². The number of carbonyl (C=O) groups is 2. The Morgan fingerprint density at radius 1 is 1.00 bits per heavy atom. The largest absolute Gasteiger partial charge is 0.507 e. The summed E-state index contributed by atoms with van der Waals surface area (Å²) < 4.78 is 21.9. The summed E-state index contributed by atoms with van der Waals surface area (Å²) in [6.45, 7) is 6.03. The molecule has 9 nitrogen and oxygen atoms in total. The first-order chi connectivity index (χ1) is 17.5. The fraction of sp³-hybridized carbons (Fsp3) is 0.407. The van der Waals surface area contributed by atoms with Gasteiger partial charge in [-0.3, -0.25) is 14.5 Å². The number of benzene rings is 2. The minimum Gasteiger partial charge on any atom is -0.507 e. The SMILES string of the molecule is CCOc1ccc(/C(O)=C2\C(=O)C(=O)N(CCN3CCOCC3)[C@H]2c2cc(OC)ccc2OC)cc1. The van der Waals surface area contributed by atoms with Crippen molar-refractivity contribution in [2.24, 2.45) is 0 Å². The van der Waals surface area contributed by atoms with Crippen molar-refractivity contribution in [1.82, 2.24) is 9.80 Å². The third kappa shape index (κ3) is 5.17. The molecule has 0 radical (unpaired) electrons. The number of amides is 1. The number of aliphatic hydroxyl groups excluding tert-OH is 1. The predicted molar refractivity (Wildman–Crippen MR) is 133 cm³/mol. The van der Waals surface area contributed by atoms with Gasteiger partial charge in [0, 0.05) is 37.3 Å². The van der Waals surface area contributed by atoms with E-state index in [0.29, 0.717) is 61.3 Å². The number of nitrogens with zero attached hydrogens (tertiary/aromatic N) is 2. The van der Waals surface area contributed by atoms with E-state index in [2.05, 4.69) is 4.90 Å². The van der Waals surface area contributed by atoms with Gasteiger partial charge in [-0.1, -0.05) is 0 Å². The molecular formula is C27H32N2O7. The molecule has 0 saturated carbocycles. The van der Waals surface area contributed by atoms with Gasteiger partial charge in [0.15, 0.2) is 0 Å². The van der Waals surface area contributed by atoms with Gasteiger partial charge in [-0.15, -0.1) is 0 Å². The van der Waals surface area contributed by atoms with Crippen molar-refractivity contribution in [1.29, 1.82) is 0 Å². The summed E-state index contributed by atoms with van der Waals surface area (Å²) in [6.07, 6.45) is 0. The van der Waals surface area contributed by atoms with E-state index in [0.717, 1.165) is 13.1 Å². The number of ketones is 1. The smallest absolute Gasteiger partial charge is 0.295 e. The molecule has 2 fully saturated rings. The second kappa shape index (κ2) is 11.5. The zero-order valence-corrected chi connectivity index (χ0v) is 20.9. The molecule has 192 valence electrons. The predicted octanol–water partition coefficient (Wildman–Crippen LogP) is 2.86. The highest BCUT2D eigenvalue weighted by Gasteiger charge is 2.47. The van der Waals surface area contributed by atoms with Crippen molar-refractivity contribution in [3.63, 3.8) is 0 Å². The van der Waals surface area contributed by atoms with Crippen LogP contribution in [0.5, 0.6) is 17.2 Å². The van der Waals surface area contributed by atoms with Gasteiger partial charge >= 0.3 is 0 Å². The minimum atomic E-state index is -0.845. The molecule has 36 heavy (non-hydrogen) atoms. The Morgan fingerprint density at radius 2 is 1.69 bits per heavy atom.